The van der Waals surface area contributed by atoms with E-state index in [4.69, 9.17) is 19.3 Å². The number of nitrogens with zero attached hydrogens (tertiary/aromatic N) is 4. The van der Waals surface area contributed by atoms with Crippen molar-refractivity contribution in [3.8, 4) is 0 Å². The van der Waals surface area contributed by atoms with E-state index in [1.165, 1.54) is 48.3 Å². The third kappa shape index (κ3) is 7.25. The average molecular weight is 521 g/mol. The van der Waals surface area contributed by atoms with E-state index >= 15 is 0 Å². The van der Waals surface area contributed by atoms with Crippen molar-refractivity contribution < 1.29 is 24.1 Å². The summed E-state index contributed by atoms with van der Waals surface area (Å²) in [5, 5.41) is 14.4. The summed E-state index contributed by atoms with van der Waals surface area (Å²) in [6, 6.07) is 0. The number of carbonyl (C=O) groups is 1. The van der Waals surface area contributed by atoms with Crippen molar-refractivity contribution >= 4 is 6.09 Å². The summed E-state index contributed by atoms with van der Waals surface area (Å²) in [4.78, 5) is 14.8. The molecule has 3 unspecified atom stereocenters. The number of ether oxygens (including phenoxy) is 3. The monoisotopic (exact) mass is 520 g/mol. The van der Waals surface area contributed by atoms with E-state index in [1.54, 1.807) is 14.2 Å². The number of rotatable bonds is 12. The van der Waals surface area contributed by atoms with Crippen molar-refractivity contribution in [1.29, 1.82) is 0 Å². The zero-order chi connectivity index (χ0) is 26.3. The second-order valence-corrected chi connectivity index (χ2v) is 11.5. The number of hydrogen-bond donors (Lipinski definition) is 1. The van der Waals surface area contributed by atoms with Crippen LogP contribution in [0, 0.1) is 5.41 Å². The zero-order valence-corrected chi connectivity index (χ0v) is 23.2. The Balaban J connectivity index is 1.50. The maximum atomic E-state index is 11.2. The zero-order valence-electron chi connectivity index (χ0n) is 23.2. The third-order valence-corrected chi connectivity index (χ3v) is 8.79. The highest BCUT2D eigenvalue weighted by atomic mass is 16.5. The molecular formula is C28H48N4O5. The molecule has 9 nitrogen and oxygen atoms in total. The summed E-state index contributed by atoms with van der Waals surface area (Å²) < 4.78 is 19.9. The van der Waals surface area contributed by atoms with E-state index in [2.05, 4.69) is 22.8 Å². The Kier molecular flexibility index (Phi) is 10.3. The van der Waals surface area contributed by atoms with Crippen LogP contribution in [0.4, 0.5) is 4.79 Å². The Bertz CT molecular complexity index is 850. The first kappa shape index (κ1) is 28.3. The molecule has 3 atom stereocenters. The van der Waals surface area contributed by atoms with Gasteiger partial charge in [-0.3, -0.25) is 0 Å². The molecule has 3 fully saturated rings. The van der Waals surface area contributed by atoms with E-state index < -0.39 is 6.09 Å². The molecular weight excluding hydrogens is 472 g/mol. The van der Waals surface area contributed by atoms with Crippen molar-refractivity contribution in [2.24, 2.45) is 5.41 Å². The molecule has 0 bridgehead atoms. The predicted molar refractivity (Wildman–Crippen MR) is 142 cm³/mol. The van der Waals surface area contributed by atoms with E-state index in [0.29, 0.717) is 25.1 Å². The number of methoxy groups -OCH3 is 1. The number of amides is 1. The van der Waals surface area contributed by atoms with Crippen molar-refractivity contribution in [1.82, 2.24) is 19.6 Å². The number of hydrogen-bond acceptors (Lipinski definition) is 6. The van der Waals surface area contributed by atoms with Gasteiger partial charge in [0.25, 0.3) is 0 Å². The van der Waals surface area contributed by atoms with Crippen molar-refractivity contribution in [2.75, 3.05) is 54.1 Å². The van der Waals surface area contributed by atoms with Gasteiger partial charge < -0.3 is 29.1 Å². The summed E-state index contributed by atoms with van der Waals surface area (Å²) in [6.07, 6.45) is 14.3. The van der Waals surface area contributed by atoms with Gasteiger partial charge in [0.05, 0.1) is 11.8 Å². The maximum Gasteiger partial charge on any atom is 0.407 e. The van der Waals surface area contributed by atoms with E-state index in [1.807, 2.05) is 0 Å². The van der Waals surface area contributed by atoms with Crippen LogP contribution in [0.2, 0.25) is 0 Å². The van der Waals surface area contributed by atoms with Gasteiger partial charge in [0.2, 0.25) is 0 Å². The lowest BCUT2D eigenvalue weighted by molar-refractivity contribution is -0.0739. The Morgan fingerprint density at radius 3 is 2.68 bits per heavy atom. The van der Waals surface area contributed by atoms with Crippen molar-refractivity contribution in [3.63, 3.8) is 0 Å². The smallest absolute Gasteiger partial charge is 0.407 e. The Morgan fingerprint density at radius 2 is 1.97 bits per heavy atom. The lowest BCUT2D eigenvalue weighted by atomic mass is 9.65. The topological polar surface area (TPSA) is 89.3 Å². The number of aromatic nitrogens is 2. The first-order valence-electron chi connectivity index (χ1n) is 14.3. The highest BCUT2D eigenvalue weighted by Crippen LogP contribution is 2.54. The molecule has 1 amide bonds. The lowest BCUT2D eigenvalue weighted by Crippen LogP contribution is -2.41. The highest BCUT2D eigenvalue weighted by molar-refractivity contribution is 5.64. The molecule has 3 aliphatic rings. The van der Waals surface area contributed by atoms with Crippen LogP contribution in [-0.4, -0.2) is 91.0 Å². The molecule has 4 rings (SSSR count). The number of likely N-dealkylation sites (N-methyl/N-ethyl adjacent to an activating group) is 2. The predicted octanol–water partition coefficient (Wildman–Crippen LogP) is 4.87. The minimum absolute atomic E-state index is 0.0191. The molecule has 2 aliphatic carbocycles. The molecule has 2 heterocycles. The van der Waals surface area contributed by atoms with Crippen LogP contribution in [0.25, 0.3) is 0 Å². The van der Waals surface area contributed by atoms with Gasteiger partial charge in [0.1, 0.15) is 6.23 Å². The second-order valence-electron chi connectivity index (χ2n) is 11.5. The quantitative estimate of drug-likeness (QED) is 0.393. The fourth-order valence-corrected chi connectivity index (χ4v) is 6.69. The van der Waals surface area contributed by atoms with Gasteiger partial charge in [-0.25, -0.2) is 9.48 Å². The van der Waals surface area contributed by atoms with Crippen LogP contribution in [0.1, 0.15) is 94.0 Å². The Hall–Kier alpha value is -1.68. The molecule has 1 N–H and O–H groups in total. The molecule has 2 saturated carbocycles. The van der Waals surface area contributed by atoms with Gasteiger partial charge in [-0.05, 0) is 70.3 Å². The first-order valence-corrected chi connectivity index (χ1v) is 14.3. The summed E-state index contributed by atoms with van der Waals surface area (Å²) in [6.45, 7) is 4.25. The van der Waals surface area contributed by atoms with Crippen molar-refractivity contribution in [3.05, 3.63) is 17.5 Å². The summed E-state index contributed by atoms with van der Waals surface area (Å²) in [5.41, 5.74) is 2.73. The van der Waals surface area contributed by atoms with E-state index in [-0.39, 0.29) is 11.6 Å². The molecule has 1 aromatic heterocycles. The molecule has 1 aliphatic heterocycles. The molecule has 1 spiro atoms. The van der Waals surface area contributed by atoms with Crippen LogP contribution in [0.3, 0.4) is 0 Å². The molecule has 9 heteroatoms. The van der Waals surface area contributed by atoms with E-state index in [0.717, 1.165) is 64.9 Å². The Labute approximate surface area is 222 Å². The maximum absolute atomic E-state index is 11.2. The van der Waals surface area contributed by atoms with Crippen molar-refractivity contribution in [2.45, 2.75) is 95.4 Å². The minimum Gasteiger partial charge on any atom is -0.465 e. The largest absolute Gasteiger partial charge is 0.465 e. The van der Waals surface area contributed by atoms with E-state index in [9.17, 15) is 9.90 Å². The SMILES string of the molecule is COCCCOC1CCC(c2nn(C3CCCCO3)cc2CN(C)CCN(C)C(=O)O)CC12CCCC2. The van der Waals surface area contributed by atoms with Crippen LogP contribution in [-0.2, 0) is 20.8 Å². The van der Waals surface area contributed by atoms with Gasteiger partial charge in [0.15, 0.2) is 0 Å². The van der Waals surface area contributed by atoms with Crippen LogP contribution >= 0.6 is 0 Å². The number of carboxylic acid groups (broad SMARTS) is 1. The summed E-state index contributed by atoms with van der Waals surface area (Å²) in [5.74, 6) is 0.423. The standard InChI is InChI=1S/C28H48N4O5/c1-30(14-15-31(2)27(33)34)20-23-21-32(25-9-4-7-17-37-25)29-26(23)22-10-11-24(36-18-8-16-35-3)28(19-22)12-5-6-13-28/h21-22,24-25H,4-20H2,1-3H3,(H,33,34). The van der Waals surface area contributed by atoms with Gasteiger partial charge in [-0.15, -0.1) is 0 Å². The molecule has 0 radical (unpaired) electrons. The van der Waals surface area contributed by atoms with Crippen LogP contribution in [0.5, 0.6) is 0 Å². The fourth-order valence-electron chi connectivity index (χ4n) is 6.69. The molecule has 210 valence electrons. The summed E-state index contributed by atoms with van der Waals surface area (Å²) in [7, 11) is 5.44. The average Bonchev–Trinajstić information content (AvgIpc) is 3.54. The normalized spacial score (nSPS) is 25.7. The molecule has 1 aromatic rings. The van der Waals surface area contributed by atoms with Gasteiger partial charge in [0, 0.05) is 71.3 Å². The summed E-state index contributed by atoms with van der Waals surface area (Å²) >= 11 is 0. The molecule has 0 aromatic carbocycles. The first-order chi connectivity index (χ1) is 17.9. The lowest BCUT2D eigenvalue weighted by Gasteiger charge is -2.44. The molecule has 1 saturated heterocycles. The van der Waals surface area contributed by atoms with Crippen LogP contribution in [0.15, 0.2) is 6.20 Å². The van der Waals surface area contributed by atoms with Gasteiger partial charge in [-0.2, -0.15) is 5.10 Å². The van der Waals surface area contributed by atoms with Crippen LogP contribution < -0.4 is 0 Å². The van der Waals surface area contributed by atoms with Gasteiger partial charge >= 0.3 is 6.09 Å². The highest BCUT2D eigenvalue weighted by Gasteiger charge is 2.47. The second kappa shape index (κ2) is 13.4. The van der Waals surface area contributed by atoms with Gasteiger partial charge in [-0.1, -0.05) is 12.8 Å². The fraction of sp³-hybridized carbons (Fsp3) is 0.857. The molecule has 37 heavy (non-hydrogen) atoms. The Morgan fingerprint density at radius 1 is 1.16 bits per heavy atom. The third-order valence-electron chi connectivity index (χ3n) is 8.79. The minimum atomic E-state index is -0.889.